The Kier molecular flexibility index (Phi) is 7.89. The largest absolute Gasteiger partial charge is 0.416 e. The maximum atomic E-state index is 13.1. The van der Waals surface area contributed by atoms with E-state index >= 15 is 0 Å². The van der Waals surface area contributed by atoms with Gasteiger partial charge in [0, 0.05) is 25.3 Å². The van der Waals surface area contributed by atoms with Gasteiger partial charge in [0.25, 0.3) is 0 Å². The molecule has 0 saturated heterocycles. The van der Waals surface area contributed by atoms with Crippen LogP contribution < -0.4 is 4.90 Å². The van der Waals surface area contributed by atoms with Crippen LogP contribution in [0, 0.1) is 5.92 Å². The topological polar surface area (TPSA) is 40.5 Å². The summed E-state index contributed by atoms with van der Waals surface area (Å²) in [5, 5.41) is 9.79. The maximum Gasteiger partial charge on any atom is 0.416 e. The van der Waals surface area contributed by atoms with Gasteiger partial charge in [-0.1, -0.05) is 29.3 Å². The lowest BCUT2D eigenvalue weighted by Gasteiger charge is -2.25. The minimum atomic E-state index is -5.04. The molecule has 2 aromatic carbocycles. The Bertz CT molecular complexity index is 914. The highest BCUT2D eigenvalue weighted by atomic mass is 35.5. The molecular weight excluding hydrogens is 471 g/mol. The monoisotopic (exact) mass is 487 g/mol. The molecule has 1 N–H and O–H groups in total. The molecule has 0 spiro atoms. The summed E-state index contributed by atoms with van der Waals surface area (Å²) in [7, 11) is 1.08. The predicted octanol–water partition coefficient (Wildman–Crippen LogP) is 6.24. The van der Waals surface area contributed by atoms with Gasteiger partial charge in [-0.2, -0.15) is 26.3 Å². The van der Waals surface area contributed by atoms with Crippen molar-refractivity contribution in [2.45, 2.75) is 25.2 Å². The number of anilines is 1. The van der Waals surface area contributed by atoms with E-state index in [1.54, 1.807) is 6.07 Å². The lowest BCUT2D eigenvalue weighted by Crippen LogP contribution is -2.35. The van der Waals surface area contributed by atoms with Crippen LogP contribution in [0.1, 0.15) is 23.1 Å². The number of alkyl halides is 6. The zero-order valence-corrected chi connectivity index (χ0v) is 17.5. The Labute approximate surface area is 184 Å². The van der Waals surface area contributed by atoms with Crippen molar-refractivity contribution in [3.05, 3.63) is 63.1 Å². The fraction of sp³-hybridized carbons (Fsp3) is 0.350. The number of amides is 1. The smallest absolute Gasteiger partial charge is 0.396 e. The average Bonchev–Trinajstić information content (AvgIpc) is 2.67. The van der Waals surface area contributed by atoms with Crippen molar-refractivity contribution >= 4 is 34.8 Å². The standard InChI is InChI=1S/C20H17Cl2F6NO2/c1-29(15-9-13(19(23,24)25)8-14(10-15)20(26,27)28)18(31)12(4-5-30)6-11-2-3-16(21)17(22)7-11/h2-3,7-10,12,30H,4-6H2,1H3. The van der Waals surface area contributed by atoms with Crippen molar-refractivity contribution in [2.75, 3.05) is 18.6 Å². The molecule has 1 amide bonds. The first-order chi connectivity index (χ1) is 14.2. The molecular formula is C20H17Cl2F6NO2. The molecule has 11 heteroatoms. The number of benzene rings is 2. The lowest BCUT2D eigenvalue weighted by molar-refractivity contribution is -0.143. The summed E-state index contributed by atoms with van der Waals surface area (Å²) >= 11 is 11.8. The van der Waals surface area contributed by atoms with Gasteiger partial charge in [0.15, 0.2) is 0 Å². The van der Waals surface area contributed by atoms with E-state index in [2.05, 4.69) is 0 Å². The van der Waals surface area contributed by atoms with E-state index in [0.717, 1.165) is 11.9 Å². The van der Waals surface area contributed by atoms with Gasteiger partial charge in [0.05, 0.1) is 21.2 Å². The molecule has 0 saturated carbocycles. The number of nitrogens with zero attached hydrogens (tertiary/aromatic N) is 1. The first-order valence-electron chi connectivity index (χ1n) is 8.86. The number of hydrogen-bond acceptors (Lipinski definition) is 2. The molecule has 3 nitrogen and oxygen atoms in total. The molecule has 2 rings (SSSR count). The van der Waals surface area contributed by atoms with Crippen LogP contribution in [0.3, 0.4) is 0 Å². The van der Waals surface area contributed by atoms with E-state index in [9.17, 15) is 36.2 Å². The second-order valence-electron chi connectivity index (χ2n) is 6.82. The van der Waals surface area contributed by atoms with Crippen LogP contribution in [0.15, 0.2) is 36.4 Å². The highest BCUT2D eigenvalue weighted by Gasteiger charge is 2.38. The summed E-state index contributed by atoms with van der Waals surface area (Å²) in [5.41, 5.74) is -3.06. The van der Waals surface area contributed by atoms with Gasteiger partial charge in [-0.25, -0.2) is 0 Å². The fourth-order valence-electron chi connectivity index (χ4n) is 2.95. The zero-order chi connectivity index (χ0) is 23.6. The molecule has 31 heavy (non-hydrogen) atoms. The number of carbonyl (C=O) groups excluding carboxylic acids is 1. The van der Waals surface area contributed by atoms with Gasteiger partial charge >= 0.3 is 12.4 Å². The van der Waals surface area contributed by atoms with Crippen molar-refractivity contribution in [2.24, 2.45) is 5.92 Å². The highest BCUT2D eigenvalue weighted by Crippen LogP contribution is 2.38. The summed E-state index contributed by atoms with van der Waals surface area (Å²) in [6, 6.07) is 5.50. The molecule has 0 heterocycles. The van der Waals surface area contributed by atoms with Gasteiger partial charge in [-0.05, 0) is 48.7 Å². The first-order valence-corrected chi connectivity index (χ1v) is 9.61. The highest BCUT2D eigenvalue weighted by molar-refractivity contribution is 6.42. The van der Waals surface area contributed by atoms with Crippen LogP contribution in [0.4, 0.5) is 32.0 Å². The minimum Gasteiger partial charge on any atom is -0.396 e. The first kappa shape index (κ1) is 25.3. The third kappa shape index (κ3) is 6.51. The average molecular weight is 488 g/mol. The molecule has 0 aromatic heterocycles. The van der Waals surface area contributed by atoms with Crippen molar-refractivity contribution < 1.29 is 36.2 Å². The van der Waals surface area contributed by atoms with E-state index in [-0.39, 0.29) is 29.0 Å². The van der Waals surface area contributed by atoms with E-state index in [4.69, 9.17) is 23.2 Å². The van der Waals surface area contributed by atoms with Crippen molar-refractivity contribution in [1.29, 1.82) is 0 Å². The summed E-state index contributed by atoms with van der Waals surface area (Å²) in [4.78, 5) is 13.6. The van der Waals surface area contributed by atoms with Crippen molar-refractivity contribution in [3.63, 3.8) is 0 Å². The molecule has 0 fully saturated rings. The number of rotatable bonds is 6. The van der Waals surface area contributed by atoms with Gasteiger partial charge in [0.1, 0.15) is 0 Å². The van der Waals surface area contributed by atoms with E-state index in [1.165, 1.54) is 12.1 Å². The number of aliphatic hydroxyl groups is 1. The molecule has 1 atom stereocenters. The van der Waals surface area contributed by atoms with E-state index < -0.39 is 47.6 Å². The normalized spacial score (nSPS) is 13.2. The summed E-state index contributed by atoms with van der Waals surface area (Å²) in [6.45, 7) is -0.415. The molecule has 0 bridgehead atoms. The Balaban J connectivity index is 2.40. The Morgan fingerprint density at radius 3 is 1.97 bits per heavy atom. The number of hydrogen-bond donors (Lipinski definition) is 1. The SMILES string of the molecule is CN(C(=O)C(CCO)Cc1ccc(Cl)c(Cl)c1)c1cc(C(F)(F)F)cc(C(F)(F)F)c1. The molecule has 1 unspecified atom stereocenters. The molecule has 0 aliphatic heterocycles. The second-order valence-corrected chi connectivity index (χ2v) is 7.64. The Hall–Kier alpha value is -1.97. The molecule has 0 aliphatic rings. The summed E-state index contributed by atoms with van der Waals surface area (Å²) in [6.07, 6.45) is -10.1. The lowest BCUT2D eigenvalue weighted by atomic mass is 9.94. The van der Waals surface area contributed by atoms with Gasteiger partial charge in [-0.15, -0.1) is 0 Å². The van der Waals surface area contributed by atoms with Crippen LogP contribution in [0.2, 0.25) is 10.0 Å². The Morgan fingerprint density at radius 1 is 0.968 bits per heavy atom. The zero-order valence-electron chi connectivity index (χ0n) is 16.0. The molecule has 2 aromatic rings. The van der Waals surface area contributed by atoms with Gasteiger partial charge in [0.2, 0.25) is 5.91 Å². The molecule has 0 radical (unpaired) electrons. The minimum absolute atomic E-state index is 0.0112. The van der Waals surface area contributed by atoms with Crippen molar-refractivity contribution in [1.82, 2.24) is 0 Å². The van der Waals surface area contributed by atoms with Crippen LogP contribution >= 0.6 is 23.2 Å². The van der Waals surface area contributed by atoms with E-state index in [0.29, 0.717) is 17.7 Å². The van der Waals surface area contributed by atoms with Gasteiger partial charge in [-0.3, -0.25) is 4.79 Å². The van der Waals surface area contributed by atoms with Crippen molar-refractivity contribution in [3.8, 4) is 0 Å². The molecule has 170 valence electrons. The van der Waals surface area contributed by atoms with E-state index in [1.807, 2.05) is 0 Å². The fourth-order valence-corrected chi connectivity index (χ4v) is 3.27. The van der Waals surface area contributed by atoms with Gasteiger partial charge < -0.3 is 10.0 Å². The van der Waals surface area contributed by atoms with Crippen LogP contribution in [0.5, 0.6) is 0 Å². The van der Waals surface area contributed by atoms with Crippen LogP contribution in [0.25, 0.3) is 0 Å². The number of halogens is 8. The second kappa shape index (κ2) is 9.67. The van der Waals surface area contributed by atoms with Crippen LogP contribution in [-0.2, 0) is 23.6 Å². The third-order valence-electron chi connectivity index (χ3n) is 4.58. The summed E-state index contributed by atoms with van der Waals surface area (Å²) in [5.74, 6) is -1.68. The van der Waals surface area contributed by atoms with Crippen LogP contribution in [-0.4, -0.2) is 24.7 Å². The maximum absolute atomic E-state index is 13.1. The predicted molar refractivity (Wildman–Crippen MR) is 105 cm³/mol. The summed E-state index contributed by atoms with van der Waals surface area (Å²) < 4.78 is 78.7. The number of aliphatic hydroxyl groups excluding tert-OH is 1. The third-order valence-corrected chi connectivity index (χ3v) is 5.32. The Morgan fingerprint density at radius 2 is 1.52 bits per heavy atom. The number of carbonyl (C=O) groups is 1. The quantitative estimate of drug-likeness (QED) is 0.490. The molecule has 0 aliphatic carbocycles.